The van der Waals surface area contributed by atoms with E-state index in [1.807, 2.05) is 24.3 Å². The van der Waals surface area contributed by atoms with Crippen molar-refractivity contribution in [2.45, 2.75) is 32.7 Å². The molecule has 0 aliphatic rings. The molecular weight excluding hydrogens is 328 g/mol. The van der Waals surface area contributed by atoms with E-state index >= 15 is 0 Å². The largest absolute Gasteiger partial charge is 0.493 e. The Morgan fingerprint density at radius 1 is 1.00 bits per heavy atom. The molecule has 2 rings (SSSR count). The first-order chi connectivity index (χ1) is 12.4. The van der Waals surface area contributed by atoms with E-state index in [-0.39, 0.29) is 11.4 Å². The van der Waals surface area contributed by atoms with Gasteiger partial charge in [0.2, 0.25) is 0 Å². The van der Waals surface area contributed by atoms with Crippen LogP contribution in [0, 0.1) is 6.92 Å². The number of urea groups is 1. The summed E-state index contributed by atoms with van der Waals surface area (Å²) in [5.41, 5.74) is 3.22. The lowest BCUT2D eigenvalue weighted by Gasteiger charge is -2.26. The Morgan fingerprint density at radius 2 is 1.73 bits per heavy atom. The van der Waals surface area contributed by atoms with E-state index < -0.39 is 0 Å². The van der Waals surface area contributed by atoms with E-state index in [1.54, 1.807) is 14.2 Å². The van der Waals surface area contributed by atoms with Crippen molar-refractivity contribution in [3.05, 3.63) is 59.2 Å². The van der Waals surface area contributed by atoms with Gasteiger partial charge in [-0.2, -0.15) is 0 Å². The first kappa shape index (κ1) is 19.6. The van der Waals surface area contributed by atoms with Gasteiger partial charge in [0.25, 0.3) is 0 Å². The summed E-state index contributed by atoms with van der Waals surface area (Å²) in [4.78, 5) is 12.2. The summed E-state index contributed by atoms with van der Waals surface area (Å²) in [6, 6.07) is 13.8. The zero-order chi connectivity index (χ0) is 19.2. The summed E-state index contributed by atoms with van der Waals surface area (Å²) in [5.74, 6) is 1.31. The fourth-order valence-corrected chi connectivity index (χ4v) is 2.70. The molecule has 0 unspecified atom stereocenters. The average molecular weight is 356 g/mol. The van der Waals surface area contributed by atoms with Crippen LogP contribution in [0.5, 0.6) is 11.5 Å². The Morgan fingerprint density at radius 3 is 2.38 bits per heavy atom. The summed E-state index contributed by atoms with van der Waals surface area (Å²) < 4.78 is 10.5. The van der Waals surface area contributed by atoms with Crippen LogP contribution in [0.2, 0.25) is 0 Å². The minimum absolute atomic E-state index is 0.146. The molecular formula is C21H28N2O3. The number of methoxy groups -OCH3 is 2. The Labute approximate surface area is 155 Å². The van der Waals surface area contributed by atoms with E-state index in [9.17, 15) is 4.79 Å². The maximum atomic E-state index is 12.2. The monoisotopic (exact) mass is 356 g/mol. The second-order valence-electron chi connectivity index (χ2n) is 6.98. The van der Waals surface area contributed by atoms with E-state index in [0.29, 0.717) is 24.6 Å². The van der Waals surface area contributed by atoms with Gasteiger partial charge in [-0.05, 0) is 30.2 Å². The first-order valence-electron chi connectivity index (χ1n) is 8.65. The van der Waals surface area contributed by atoms with Crippen molar-refractivity contribution in [1.29, 1.82) is 0 Å². The van der Waals surface area contributed by atoms with Crippen molar-refractivity contribution in [3.63, 3.8) is 0 Å². The lowest BCUT2D eigenvalue weighted by Crippen LogP contribution is -2.42. The maximum Gasteiger partial charge on any atom is 0.315 e. The first-order valence-corrected chi connectivity index (χ1v) is 8.65. The minimum Gasteiger partial charge on any atom is -0.493 e. The minimum atomic E-state index is -0.194. The lowest BCUT2D eigenvalue weighted by molar-refractivity contribution is 0.238. The topological polar surface area (TPSA) is 59.6 Å². The number of rotatable bonds is 7. The summed E-state index contributed by atoms with van der Waals surface area (Å²) in [6.45, 7) is 7.28. The molecule has 0 saturated heterocycles. The highest BCUT2D eigenvalue weighted by atomic mass is 16.5. The molecule has 5 heteroatoms. The molecule has 26 heavy (non-hydrogen) atoms. The molecule has 5 nitrogen and oxygen atoms in total. The molecule has 140 valence electrons. The van der Waals surface area contributed by atoms with Crippen molar-refractivity contribution < 1.29 is 14.3 Å². The highest BCUT2D eigenvalue weighted by Crippen LogP contribution is 2.27. The van der Waals surface area contributed by atoms with Crippen LogP contribution >= 0.6 is 0 Å². The number of amides is 2. The standard InChI is InChI=1S/C21H28N2O3/c1-15-7-6-8-17(11-15)21(2,3)14-23-20(24)22-13-16-9-10-18(25-4)19(12-16)26-5/h6-12H,13-14H2,1-5H3,(H2,22,23,24). The van der Waals surface area contributed by atoms with Crippen LogP contribution in [0.3, 0.4) is 0 Å². The third kappa shape index (κ3) is 5.15. The number of ether oxygens (including phenoxy) is 2. The molecule has 0 atom stereocenters. The highest BCUT2D eigenvalue weighted by Gasteiger charge is 2.21. The smallest absolute Gasteiger partial charge is 0.315 e. The van der Waals surface area contributed by atoms with Gasteiger partial charge in [0.1, 0.15) is 0 Å². The molecule has 2 amide bonds. The quantitative estimate of drug-likeness (QED) is 0.793. The Hall–Kier alpha value is -2.69. The van der Waals surface area contributed by atoms with E-state index in [4.69, 9.17) is 9.47 Å². The molecule has 0 aliphatic heterocycles. The van der Waals surface area contributed by atoms with Crippen LogP contribution in [0.15, 0.2) is 42.5 Å². The van der Waals surface area contributed by atoms with Gasteiger partial charge in [-0.3, -0.25) is 0 Å². The molecule has 0 radical (unpaired) electrons. The fraction of sp³-hybridized carbons (Fsp3) is 0.381. The molecule has 2 aromatic carbocycles. The van der Waals surface area contributed by atoms with Gasteiger partial charge >= 0.3 is 6.03 Å². The van der Waals surface area contributed by atoms with Crippen molar-refractivity contribution in [2.24, 2.45) is 0 Å². The molecule has 2 aromatic rings. The van der Waals surface area contributed by atoms with Crippen molar-refractivity contribution >= 4 is 6.03 Å². The Kier molecular flexibility index (Phi) is 6.50. The molecule has 0 aromatic heterocycles. The summed E-state index contributed by atoms with van der Waals surface area (Å²) in [6.07, 6.45) is 0. The number of carbonyl (C=O) groups excluding carboxylic acids is 1. The van der Waals surface area contributed by atoms with Gasteiger partial charge in [0, 0.05) is 18.5 Å². The predicted octanol–water partition coefficient (Wildman–Crippen LogP) is 3.79. The molecule has 0 aliphatic carbocycles. The van der Waals surface area contributed by atoms with Gasteiger partial charge < -0.3 is 20.1 Å². The third-order valence-electron chi connectivity index (χ3n) is 4.39. The lowest BCUT2D eigenvalue weighted by atomic mass is 9.84. The normalized spacial score (nSPS) is 11.0. The zero-order valence-electron chi connectivity index (χ0n) is 16.2. The van der Waals surface area contributed by atoms with Crippen LogP contribution in [0.25, 0.3) is 0 Å². The van der Waals surface area contributed by atoms with Crippen LogP contribution in [-0.4, -0.2) is 26.8 Å². The van der Waals surface area contributed by atoms with Gasteiger partial charge in [-0.1, -0.05) is 49.7 Å². The van der Waals surface area contributed by atoms with Crippen LogP contribution in [-0.2, 0) is 12.0 Å². The van der Waals surface area contributed by atoms with Gasteiger partial charge in [0.05, 0.1) is 14.2 Å². The van der Waals surface area contributed by atoms with Gasteiger partial charge in [-0.25, -0.2) is 4.79 Å². The molecule has 0 bridgehead atoms. The fourth-order valence-electron chi connectivity index (χ4n) is 2.70. The zero-order valence-corrected chi connectivity index (χ0v) is 16.2. The Balaban J connectivity index is 1.89. The van der Waals surface area contributed by atoms with Gasteiger partial charge in [0.15, 0.2) is 11.5 Å². The summed E-state index contributed by atoms with van der Waals surface area (Å²) >= 11 is 0. The summed E-state index contributed by atoms with van der Waals surface area (Å²) in [7, 11) is 3.19. The number of benzene rings is 2. The molecule has 0 fully saturated rings. The number of hydrogen-bond donors (Lipinski definition) is 2. The van der Waals surface area contributed by atoms with Crippen molar-refractivity contribution in [3.8, 4) is 11.5 Å². The van der Waals surface area contributed by atoms with Crippen molar-refractivity contribution in [2.75, 3.05) is 20.8 Å². The SMILES string of the molecule is COc1ccc(CNC(=O)NCC(C)(C)c2cccc(C)c2)cc1OC. The molecule has 2 N–H and O–H groups in total. The van der Waals surface area contributed by atoms with Crippen LogP contribution < -0.4 is 20.1 Å². The van der Waals surface area contributed by atoms with E-state index in [0.717, 1.165) is 5.56 Å². The number of carbonyl (C=O) groups is 1. The van der Waals surface area contributed by atoms with Crippen LogP contribution in [0.4, 0.5) is 4.79 Å². The summed E-state index contributed by atoms with van der Waals surface area (Å²) in [5, 5.41) is 5.83. The highest BCUT2D eigenvalue weighted by molar-refractivity contribution is 5.74. The Bertz CT molecular complexity index is 757. The average Bonchev–Trinajstić information content (AvgIpc) is 2.64. The molecule has 0 saturated carbocycles. The van der Waals surface area contributed by atoms with Crippen molar-refractivity contribution in [1.82, 2.24) is 10.6 Å². The maximum absolute atomic E-state index is 12.2. The number of hydrogen-bond acceptors (Lipinski definition) is 3. The number of nitrogens with one attached hydrogen (secondary N) is 2. The second kappa shape index (κ2) is 8.61. The van der Waals surface area contributed by atoms with E-state index in [1.165, 1.54) is 11.1 Å². The van der Waals surface area contributed by atoms with Gasteiger partial charge in [-0.15, -0.1) is 0 Å². The molecule has 0 heterocycles. The van der Waals surface area contributed by atoms with Crippen LogP contribution in [0.1, 0.15) is 30.5 Å². The predicted molar refractivity (Wildman–Crippen MR) is 104 cm³/mol. The molecule has 0 spiro atoms. The third-order valence-corrected chi connectivity index (χ3v) is 4.39. The number of aryl methyl sites for hydroxylation is 1. The van der Waals surface area contributed by atoms with E-state index in [2.05, 4.69) is 49.6 Å². The second-order valence-corrected chi connectivity index (χ2v) is 6.98.